The molecule has 0 saturated heterocycles. The second-order valence-corrected chi connectivity index (χ2v) is 17.7. The highest BCUT2D eigenvalue weighted by Gasteiger charge is 2.31. The van der Waals surface area contributed by atoms with Crippen molar-refractivity contribution < 1.29 is 8.22 Å². The highest BCUT2D eigenvalue weighted by atomic mass is 14.9. The molecule has 0 atom stereocenters. The van der Waals surface area contributed by atoms with Crippen LogP contribution in [0.1, 0.15) is 108 Å². The van der Waals surface area contributed by atoms with E-state index in [2.05, 4.69) is 102 Å². The van der Waals surface area contributed by atoms with Crippen LogP contribution in [0.5, 0.6) is 0 Å². The Bertz CT molecular complexity index is 1980. The molecule has 0 unspecified atom stereocenters. The number of benzene rings is 4. The molecule has 0 radical (unpaired) electrons. The maximum Gasteiger partial charge on any atom is 0.0648 e. The molecule has 4 aliphatic carbocycles. The van der Waals surface area contributed by atoms with Gasteiger partial charge in [-0.05, 0) is 166 Å². The maximum absolute atomic E-state index is 8.67. The standard InChI is InChI=1S/2C22H27N/c2*1-21(2)11-15-5-7-19(9-17(15)13-21)23-20-8-6-16-12-22(3,4)14-18(16)10-20/h2*5-10,23H,11-14H2,1-4H3/i5D,6D,7D,8D,9D,10D;. The Morgan fingerprint density at radius 3 is 1.13 bits per heavy atom. The van der Waals surface area contributed by atoms with Crippen molar-refractivity contribution in [1.29, 1.82) is 0 Å². The molecule has 4 aromatic rings. The Balaban J connectivity index is 0.000000166. The van der Waals surface area contributed by atoms with Gasteiger partial charge in [-0.15, -0.1) is 0 Å². The number of anilines is 4. The molecule has 0 saturated carbocycles. The van der Waals surface area contributed by atoms with Gasteiger partial charge in [-0.3, -0.25) is 0 Å². The molecule has 0 amide bonds. The monoisotopic (exact) mass is 616 g/mol. The Labute approximate surface area is 286 Å². The largest absolute Gasteiger partial charge is 0.356 e. The summed E-state index contributed by atoms with van der Waals surface area (Å²) in [6.07, 6.45) is 7.49. The predicted molar refractivity (Wildman–Crippen MR) is 197 cm³/mol. The van der Waals surface area contributed by atoms with Crippen molar-refractivity contribution >= 4 is 22.7 Å². The van der Waals surface area contributed by atoms with Crippen LogP contribution >= 0.6 is 0 Å². The Kier molecular flexibility index (Phi) is 5.91. The highest BCUT2D eigenvalue weighted by molar-refractivity contribution is 5.65. The fraction of sp³-hybridized carbons (Fsp3) is 0.455. The van der Waals surface area contributed by atoms with Gasteiger partial charge in [-0.2, -0.15) is 0 Å². The van der Waals surface area contributed by atoms with E-state index in [1.165, 1.54) is 59.3 Å². The van der Waals surface area contributed by atoms with Crippen LogP contribution in [-0.4, -0.2) is 0 Å². The molecule has 0 aliphatic heterocycles. The zero-order valence-corrected chi connectivity index (χ0v) is 29.1. The van der Waals surface area contributed by atoms with Crippen LogP contribution in [0, 0.1) is 21.7 Å². The molecular weight excluding hydrogens is 556 g/mol. The summed E-state index contributed by atoms with van der Waals surface area (Å²) in [7, 11) is 0. The van der Waals surface area contributed by atoms with E-state index < -0.39 is 0 Å². The lowest BCUT2D eigenvalue weighted by atomic mass is 9.90. The zero-order valence-electron chi connectivity index (χ0n) is 35.1. The van der Waals surface area contributed by atoms with Gasteiger partial charge in [-0.25, -0.2) is 0 Å². The second kappa shape index (κ2) is 11.0. The number of hydrogen-bond acceptors (Lipinski definition) is 2. The molecule has 2 heteroatoms. The van der Waals surface area contributed by atoms with E-state index in [-0.39, 0.29) is 58.5 Å². The van der Waals surface area contributed by atoms with Crippen LogP contribution in [0.2, 0.25) is 0 Å². The lowest BCUT2D eigenvalue weighted by molar-refractivity contribution is 0.392. The molecule has 2 N–H and O–H groups in total. The van der Waals surface area contributed by atoms with Crippen molar-refractivity contribution in [2.75, 3.05) is 10.6 Å². The van der Waals surface area contributed by atoms with Crippen molar-refractivity contribution in [3.63, 3.8) is 0 Å². The molecule has 4 aromatic carbocycles. The minimum Gasteiger partial charge on any atom is -0.356 e. The van der Waals surface area contributed by atoms with Gasteiger partial charge in [0.05, 0.1) is 8.22 Å². The lowest BCUT2D eigenvalue weighted by Gasteiger charge is -2.14. The van der Waals surface area contributed by atoms with Gasteiger partial charge in [0.15, 0.2) is 0 Å². The molecule has 2 nitrogen and oxygen atoms in total. The van der Waals surface area contributed by atoms with Crippen LogP contribution in [0.3, 0.4) is 0 Å². The summed E-state index contributed by atoms with van der Waals surface area (Å²) in [5, 5.41) is 6.60. The number of nitrogens with one attached hydrogen (secondary N) is 2. The predicted octanol–water partition coefficient (Wildman–Crippen LogP) is 11.4. The van der Waals surface area contributed by atoms with Gasteiger partial charge in [-0.1, -0.05) is 79.6 Å². The molecule has 240 valence electrons. The summed E-state index contributed by atoms with van der Waals surface area (Å²) < 4.78 is 51.1. The summed E-state index contributed by atoms with van der Waals surface area (Å²) in [6.45, 7) is 17.8. The average Bonchev–Trinajstić information content (AvgIpc) is 3.75. The van der Waals surface area contributed by atoms with E-state index in [0.29, 0.717) is 36.5 Å². The topological polar surface area (TPSA) is 24.1 Å². The summed E-state index contributed by atoms with van der Waals surface area (Å²) in [5.74, 6) is 0. The van der Waals surface area contributed by atoms with E-state index in [1.54, 1.807) is 0 Å². The maximum atomic E-state index is 8.67. The van der Waals surface area contributed by atoms with E-state index in [9.17, 15) is 0 Å². The molecule has 46 heavy (non-hydrogen) atoms. The molecule has 0 fully saturated rings. The molecule has 0 aromatic heterocycles. The fourth-order valence-electron chi connectivity index (χ4n) is 8.27. The third-order valence-electron chi connectivity index (χ3n) is 10.2. The van der Waals surface area contributed by atoms with Gasteiger partial charge in [0.2, 0.25) is 0 Å². The fourth-order valence-corrected chi connectivity index (χ4v) is 8.27. The van der Waals surface area contributed by atoms with Crippen LogP contribution in [0.15, 0.2) is 72.7 Å². The number of rotatable bonds is 4. The van der Waals surface area contributed by atoms with Crippen molar-refractivity contribution in [2.24, 2.45) is 21.7 Å². The minimum atomic E-state index is -0.0717. The van der Waals surface area contributed by atoms with Crippen molar-refractivity contribution in [3.8, 4) is 0 Å². The van der Waals surface area contributed by atoms with Gasteiger partial charge >= 0.3 is 0 Å². The molecule has 0 bridgehead atoms. The van der Waals surface area contributed by atoms with E-state index >= 15 is 0 Å². The first-order valence-corrected chi connectivity index (χ1v) is 17.1. The average molecular weight is 617 g/mol. The molecular formula is C44H54N2. The summed E-state index contributed by atoms with van der Waals surface area (Å²) in [5.41, 5.74) is 12.7. The third kappa shape index (κ3) is 6.78. The van der Waals surface area contributed by atoms with Crippen LogP contribution in [0.25, 0.3) is 0 Å². The molecule has 0 spiro atoms. The van der Waals surface area contributed by atoms with E-state index in [1.807, 2.05) is 0 Å². The summed E-state index contributed by atoms with van der Waals surface area (Å²) >= 11 is 0. The smallest absolute Gasteiger partial charge is 0.0648 e. The lowest BCUT2D eigenvalue weighted by Crippen LogP contribution is -2.09. The van der Waals surface area contributed by atoms with E-state index in [0.717, 1.165) is 22.3 Å². The molecule has 8 rings (SSSR count). The normalized spacial score (nSPS) is 22.0. The first kappa shape index (κ1) is 24.6. The molecule has 4 aliphatic rings. The second-order valence-electron chi connectivity index (χ2n) is 17.7. The first-order valence-electron chi connectivity index (χ1n) is 20.1. The zero-order chi connectivity index (χ0) is 37.7. The Hall–Kier alpha value is -3.52. The van der Waals surface area contributed by atoms with Crippen LogP contribution < -0.4 is 10.6 Å². The summed E-state index contributed by atoms with van der Waals surface area (Å²) in [4.78, 5) is 0. The highest BCUT2D eigenvalue weighted by Crippen LogP contribution is 2.41. The Morgan fingerprint density at radius 1 is 0.391 bits per heavy atom. The Morgan fingerprint density at radius 2 is 0.717 bits per heavy atom. The van der Waals surface area contributed by atoms with Crippen molar-refractivity contribution in [3.05, 3.63) is 117 Å². The SMILES string of the molecule is CC1(C)Cc2ccc(Nc3ccc4c(c3)CC(C)(C)C4)cc2C1.[2H]c1c([2H])c(Nc2c([2H])c([2H])c3c(c2[2H])CC(C)(C)C3)c([2H])c2c1CC(C)(C)C2. The van der Waals surface area contributed by atoms with Crippen LogP contribution in [0.4, 0.5) is 22.7 Å². The minimum absolute atomic E-state index is 0.0480. The third-order valence-corrected chi connectivity index (χ3v) is 10.2. The summed E-state index contributed by atoms with van der Waals surface area (Å²) in [6, 6.07) is 14.2. The van der Waals surface area contributed by atoms with Gasteiger partial charge in [0.1, 0.15) is 0 Å². The first-order chi connectivity index (χ1) is 24.1. The number of hydrogen-bond donors (Lipinski definition) is 2. The number of fused-ring (bicyclic) bond motifs is 4. The van der Waals surface area contributed by atoms with Gasteiger partial charge in [0.25, 0.3) is 0 Å². The van der Waals surface area contributed by atoms with Gasteiger partial charge in [0, 0.05) is 22.7 Å². The van der Waals surface area contributed by atoms with Crippen molar-refractivity contribution in [2.45, 2.75) is 107 Å². The van der Waals surface area contributed by atoms with Crippen LogP contribution in [-0.2, 0) is 51.4 Å². The van der Waals surface area contributed by atoms with Crippen molar-refractivity contribution in [1.82, 2.24) is 0 Å². The van der Waals surface area contributed by atoms with E-state index in [4.69, 9.17) is 8.22 Å². The quantitative estimate of drug-likeness (QED) is 0.238. The van der Waals surface area contributed by atoms with Gasteiger partial charge < -0.3 is 10.6 Å². The molecule has 0 heterocycles.